The van der Waals surface area contributed by atoms with Gasteiger partial charge in [0.1, 0.15) is 0 Å². The Kier molecular flexibility index (Phi) is 4.69. The highest BCUT2D eigenvalue weighted by atomic mass is 14.6. The first-order valence-corrected chi connectivity index (χ1v) is 11.9. The standard InChI is InChI=1S/C24H40/c1-2-10-18-17(9-1)19-11-3-4-13-21(19)23-15-7-8-16-24(23)22-14-6-5-12-20(18)22/h17-24H,1-16H2. The molecule has 0 bridgehead atoms. The molecule has 0 heterocycles. The number of hydrogen-bond acceptors (Lipinski definition) is 0. The van der Waals surface area contributed by atoms with Gasteiger partial charge in [-0.25, -0.2) is 0 Å². The first kappa shape index (κ1) is 16.2. The van der Waals surface area contributed by atoms with E-state index >= 15 is 0 Å². The minimum atomic E-state index is 1.15. The van der Waals surface area contributed by atoms with Crippen LogP contribution in [0.3, 0.4) is 0 Å². The Morgan fingerprint density at radius 3 is 0.458 bits per heavy atom. The van der Waals surface area contributed by atoms with Crippen molar-refractivity contribution in [2.75, 3.05) is 0 Å². The second-order valence-electron chi connectivity index (χ2n) is 10.4. The molecule has 0 spiro atoms. The van der Waals surface area contributed by atoms with Gasteiger partial charge in [0.25, 0.3) is 0 Å². The van der Waals surface area contributed by atoms with Crippen LogP contribution in [0.5, 0.6) is 0 Å². The molecule has 0 saturated heterocycles. The SMILES string of the molecule is C1CCC2C(C1)C1CCCCC1C1CCCCC1C1CCCCC21. The van der Waals surface area contributed by atoms with Crippen molar-refractivity contribution < 1.29 is 0 Å². The van der Waals surface area contributed by atoms with E-state index in [1.54, 1.807) is 103 Å². The molecule has 0 aromatic carbocycles. The number of rotatable bonds is 0. The molecule has 0 atom stereocenters. The molecule has 136 valence electrons. The molecule has 0 amide bonds. The van der Waals surface area contributed by atoms with Crippen LogP contribution < -0.4 is 0 Å². The van der Waals surface area contributed by atoms with Crippen molar-refractivity contribution in [1.29, 1.82) is 0 Å². The lowest BCUT2D eigenvalue weighted by molar-refractivity contribution is -0.0781. The van der Waals surface area contributed by atoms with Crippen LogP contribution in [-0.4, -0.2) is 0 Å². The average Bonchev–Trinajstić information content (AvgIpc) is 2.67. The van der Waals surface area contributed by atoms with E-state index in [0.29, 0.717) is 0 Å². The van der Waals surface area contributed by atoms with Gasteiger partial charge in [0.05, 0.1) is 0 Å². The van der Waals surface area contributed by atoms with Crippen molar-refractivity contribution in [3.63, 3.8) is 0 Å². The van der Waals surface area contributed by atoms with Crippen molar-refractivity contribution in [2.45, 2.75) is 103 Å². The molecular weight excluding hydrogens is 288 g/mol. The largest absolute Gasteiger partial charge is 0.0530 e. The average molecular weight is 329 g/mol. The molecule has 5 aliphatic carbocycles. The molecule has 0 aliphatic heterocycles. The van der Waals surface area contributed by atoms with Gasteiger partial charge in [0.15, 0.2) is 0 Å². The van der Waals surface area contributed by atoms with Gasteiger partial charge in [0.2, 0.25) is 0 Å². The van der Waals surface area contributed by atoms with Gasteiger partial charge in [-0.2, -0.15) is 0 Å². The van der Waals surface area contributed by atoms with E-state index in [2.05, 4.69) is 0 Å². The van der Waals surface area contributed by atoms with Crippen molar-refractivity contribution in [1.82, 2.24) is 0 Å². The third-order valence-corrected chi connectivity index (χ3v) is 9.70. The second-order valence-corrected chi connectivity index (χ2v) is 10.4. The molecule has 5 rings (SSSR count). The quantitative estimate of drug-likeness (QED) is 0.411. The van der Waals surface area contributed by atoms with Crippen LogP contribution >= 0.6 is 0 Å². The molecule has 0 aromatic heterocycles. The van der Waals surface area contributed by atoms with Crippen molar-refractivity contribution >= 4 is 0 Å². The first-order valence-electron chi connectivity index (χ1n) is 11.9. The highest BCUT2D eigenvalue weighted by molar-refractivity contribution is 5.00. The van der Waals surface area contributed by atoms with E-state index in [0.717, 1.165) is 47.3 Å². The summed E-state index contributed by atoms with van der Waals surface area (Å²) in [6.45, 7) is 0. The molecule has 0 radical (unpaired) electrons. The molecule has 0 N–H and O–H groups in total. The molecule has 5 fully saturated rings. The van der Waals surface area contributed by atoms with Gasteiger partial charge in [-0.15, -0.1) is 0 Å². The zero-order valence-electron chi connectivity index (χ0n) is 15.9. The van der Waals surface area contributed by atoms with Gasteiger partial charge in [-0.1, -0.05) is 51.4 Å². The predicted molar refractivity (Wildman–Crippen MR) is 102 cm³/mol. The monoisotopic (exact) mass is 328 g/mol. The van der Waals surface area contributed by atoms with E-state index < -0.39 is 0 Å². The Labute approximate surface area is 150 Å². The highest BCUT2D eigenvalue weighted by Gasteiger charge is 2.51. The van der Waals surface area contributed by atoms with Crippen molar-refractivity contribution in [3.05, 3.63) is 0 Å². The predicted octanol–water partition coefficient (Wildman–Crippen LogP) is 7.23. The summed E-state index contributed by atoms with van der Waals surface area (Å²) in [5.74, 6) is 9.20. The van der Waals surface area contributed by atoms with Crippen LogP contribution in [0.4, 0.5) is 0 Å². The van der Waals surface area contributed by atoms with Crippen molar-refractivity contribution in [2.24, 2.45) is 47.3 Å². The Balaban J connectivity index is 1.53. The van der Waals surface area contributed by atoms with Gasteiger partial charge < -0.3 is 0 Å². The number of fused-ring (bicyclic) bond motifs is 8. The third kappa shape index (κ3) is 2.69. The van der Waals surface area contributed by atoms with Gasteiger partial charge >= 0.3 is 0 Å². The van der Waals surface area contributed by atoms with Gasteiger partial charge in [-0.3, -0.25) is 0 Å². The molecule has 5 aliphatic rings. The van der Waals surface area contributed by atoms with E-state index in [-0.39, 0.29) is 0 Å². The fraction of sp³-hybridized carbons (Fsp3) is 1.00. The van der Waals surface area contributed by atoms with Crippen LogP contribution in [0, 0.1) is 47.3 Å². The summed E-state index contributed by atoms with van der Waals surface area (Å²) >= 11 is 0. The summed E-state index contributed by atoms with van der Waals surface area (Å²) in [5, 5.41) is 0. The summed E-state index contributed by atoms with van der Waals surface area (Å²) in [6, 6.07) is 0. The topological polar surface area (TPSA) is 0 Å². The Morgan fingerprint density at radius 2 is 0.333 bits per heavy atom. The van der Waals surface area contributed by atoms with Crippen LogP contribution in [0.15, 0.2) is 0 Å². The highest BCUT2D eigenvalue weighted by Crippen LogP contribution is 2.59. The fourth-order valence-corrected chi connectivity index (χ4v) is 9.01. The van der Waals surface area contributed by atoms with E-state index in [1.165, 1.54) is 0 Å². The first-order chi connectivity index (χ1) is 11.9. The molecule has 0 unspecified atom stereocenters. The molecule has 24 heavy (non-hydrogen) atoms. The molecular formula is C24H40. The van der Waals surface area contributed by atoms with Crippen LogP contribution in [0.2, 0.25) is 0 Å². The van der Waals surface area contributed by atoms with Gasteiger partial charge in [0, 0.05) is 0 Å². The lowest BCUT2D eigenvalue weighted by atomic mass is 9.48. The lowest BCUT2D eigenvalue weighted by Crippen LogP contribution is -2.49. The summed E-state index contributed by atoms with van der Waals surface area (Å²) in [5.41, 5.74) is 0. The fourth-order valence-electron chi connectivity index (χ4n) is 9.01. The van der Waals surface area contributed by atoms with E-state index in [9.17, 15) is 0 Å². The summed E-state index contributed by atoms with van der Waals surface area (Å²) in [4.78, 5) is 0. The summed E-state index contributed by atoms with van der Waals surface area (Å²) in [7, 11) is 0. The maximum atomic E-state index is 1.62. The van der Waals surface area contributed by atoms with Gasteiger partial charge in [-0.05, 0) is 98.7 Å². The molecule has 0 aromatic rings. The number of hydrogen-bond donors (Lipinski definition) is 0. The minimum absolute atomic E-state index is 1.15. The summed E-state index contributed by atoms with van der Waals surface area (Å²) < 4.78 is 0. The van der Waals surface area contributed by atoms with E-state index in [4.69, 9.17) is 0 Å². The van der Waals surface area contributed by atoms with E-state index in [1.807, 2.05) is 0 Å². The van der Waals surface area contributed by atoms with Crippen LogP contribution in [0.25, 0.3) is 0 Å². The maximum absolute atomic E-state index is 1.62. The van der Waals surface area contributed by atoms with Crippen LogP contribution in [0.1, 0.15) is 103 Å². The third-order valence-electron chi connectivity index (χ3n) is 9.70. The Morgan fingerprint density at radius 1 is 0.208 bits per heavy atom. The Hall–Kier alpha value is 0. The normalized spacial score (nSPS) is 52.0. The summed E-state index contributed by atoms with van der Waals surface area (Å²) in [6.07, 6.45) is 25.5. The molecule has 0 heteroatoms. The smallest absolute Gasteiger partial charge is 0.0352 e. The lowest BCUT2D eigenvalue weighted by Gasteiger charge is -2.57. The molecule has 0 nitrogen and oxygen atoms in total. The minimum Gasteiger partial charge on any atom is -0.0530 e. The zero-order chi connectivity index (χ0) is 15.9. The zero-order valence-corrected chi connectivity index (χ0v) is 15.9. The Bertz CT molecular complexity index is 290. The second kappa shape index (κ2) is 6.96. The molecule has 5 saturated carbocycles. The van der Waals surface area contributed by atoms with Crippen LogP contribution in [-0.2, 0) is 0 Å². The maximum Gasteiger partial charge on any atom is -0.0352 e. The van der Waals surface area contributed by atoms with Crippen molar-refractivity contribution in [3.8, 4) is 0 Å².